The first-order valence-corrected chi connectivity index (χ1v) is 8.00. The summed E-state index contributed by atoms with van der Waals surface area (Å²) in [5.41, 5.74) is 1.34. The van der Waals surface area contributed by atoms with Gasteiger partial charge >= 0.3 is 0 Å². The molecule has 0 radical (unpaired) electrons. The molecule has 1 atom stereocenters. The topological polar surface area (TPSA) is 99.3 Å². The minimum atomic E-state index is -0.610. The van der Waals surface area contributed by atoms with Crippen molar-refractivity contribution in [1.82, 2.24) is 20.8 Å². The minimum absolute atomic E-state index is 0.0920. The Balaban J connectivity index is 1.73. The minimum Gasteiger partial charge on any atom is -0.497 e. The number of piperidine rings is 1. The zero-order chi connectivity index (χ0) is 17.0. The van der Waals surface area contributed by atoms with Gasteiger partial charge in [-0.25, -0.2) is 0 Å². The van der Waals surface area contributed by atoms with E-state index < -0.39 is 5.54 Å². The molecule has 24 heavy (non-hydrogen) atoms. The Morgan fingerprint density at radius 2 is 2.21 bits per heavy atom. The van der Waals surface area contributed by atoms with Crippen LogP contribution in [0, 0.1) is 0 Å². The number of hydrogen-bond donors (Lipinski definition) is 4. The van der Waals surface area contributed by atoms with Crippen LogP contribution in [0.25, 0.3) is 11.3 Å². The molecule has 0 aliphatic carbocycles. The molecule has 128 valence electrons. The van der Waals surface area contributed by atoms with Crippen molar-refractivity contribution in [3.63, 3.8) is 0 Å². The molecular weight excluding hydrogens is 308 g/mol. The Bertz CT molecular complexity index is 690. The smallest absolute Gasteiger partial charge is 0.269 e. The van der Waals surface area contributed by atoms with E-state index in [1.54, 1.807) is 13.2 Å². The highest BCUT2D eigenvalue weighted by Crippen LogP contribution is 2.22. The van der Waals surface area contributed by atoms with E-state index in [0.29, 0.717) is 17.9 Å². The molecule has 2 aromatic rings. The third-order valence-electron chi connectivity index (χ3n) is 4.36. The molecule has 1 fully saturated rings. The van der Waals surface area contributed by atoms with E-state index in [2.05, 4.69) is 20.8 Å². The van der Waals surface area contributed by atoms with Crippen LogP contribution in [0.2, 0.25) is 0 Å². The Labute approximate surface area is 140 Å². The zero-order valence-corrected chi connectivity index (χ0v) is 13.6. The molecule has 0 spiro atoms. The van der Waals surface area contributed by atoms with Gasteiger partial charge in [0.05, 0.1) is 24.9 Å². The van der Waals surface area contributed by atoms with E-state index in [1.807, 2.05) is 24.3 Å². The molecule has 1 aromatic carbocycles. The molecule has 1 unspecified atom stereocenters. The number of nitrogens with zero attached hydrogens (tertiary/aromatic N) is 1. The number of aliphatic hydroxyl groups excluding tert-OH is 1. The predicted molar refractivity (Wildman–Crippen MR) is 90.0 cm³/mol. The molecule has 1 saturated heterocycles. The molecule has 7 nitrogen and oxygen atoms in total. The Morgan fingerprint density at radius 3 is 2.83 bits per heavy atom. The largest absolute Gasteiger partial charge is 0.497 e. The van der Waals surface area contributed by atoms with Crippen molar-refractivity contribution in [2.75, 3.05) is 26.8 Å². The Kier molecular flexibility index (Phi) is 4.82. The van der Waals surface area contributed by atoms with E-state index in [9.17, 15) is 9.90 Å². The number of carbonyl (C=O) groups excluding carboxylic acids is 1. The number of hydrogen-bond acceptors (Lipinski definition) is 5. The van der Waals surface area contributed by atoms with Gasteiger partial charge in [-0.05, 0) is 49.7 Å². The second-order valence-electron chi connectivity index (χ2n) is 6.07. The van der Waals surface area contributed by atoms with Crippen molar-refractivity contribution in [2.45, 2.75) is 18.4 Å². The first-order chi connectivity index (χ1) is 11.7. The highest BCUT2D eigenvalue weighted by atomic mass is 16.5. The van der Waals surface area contributed by atoms with Gasteiger partial charge in [-0.15, -0.1) is 0 Å². The molecular formula is C17H22N4O3. The van der Waals surface area contributed by atoms with Crippen molar-refractivity contribution in [3.05, 3.63) is 36.0 Å². The van der Waals surface area contributed by atoms with Crippen LogP contribution in [0.1, 0.15) is 23.3 Å². The summed E-state index contributed by atoms with van der Waals surface area (Å²) >= 11 is 0. The van der Waals surface area contributed by atoms with Crippen LogP contribution in [0.3, 0.4) is 0 Å². The third kappa shape index (κ3) is 3.42. The van der Waals surface area contributed by atoms with Crippen LogP contribution >= 0.6 is 0 Å². The third-order valence-corrected chi connectivity index (χ3v) is 4.36. The second kappa shape index (κ2) is 7.02. The van der Waals surface area contributed by atoms with Crippen LogP contribution in [0.5, 0.6) is 5.75 Å². The maximum atomic E-state index is 12.5. The number of methoxy groups -OCH3 is 1. The average Bonchev–Trinajstić information content (AvgIpc) is 3.13. The lowest BCUT2D eigenvalue weighted by atomic mass is 9.91. The highest BCUT2D eigenvalue weighted by molar-refractivity contribution is 5.94. The number of nitrogens with one attached hydrogen (secondary N) is 3. The number of carbonyl (C=O) groups is 1. The Hall–Kier alpha value is -2.38. The molecule has 1 aliphatic heterocycles. The van der Waals surface area contributed by atoms with Gasteiger partial charge in [-0.3, -0.25) is 9.89 Å². The van der Waals surface area contributed by atoms with Gasteiger partial charge in [-0.1, -0.05) is 0 Å². The monoisotopic (exact) mass is 330 g/mol. The molecule has 0 saturated carbocycles. The first-order valence-electron chi connectivity index (χ1n) is 8.00. The van der Waals surface area contributed by atoms with Gasteiger partial charge in [0.15, 0.2) is 0 Å². The average molecular weight is 330 g/mol. The van der Waals surface area contributed by atoms with Gasteiger partial charge in [-0.2, -0.15) is 5.10 Å². The van der Waals surface area contributed by atoms with Crippen molar-refractivity contribution in [3.8, 4) is 17.0 Å². The number of aromatic amines is 1. The Morgan fingerprint density at radius 1 is 1.42 bits per heavy atom. The van der Waals surface area contributed by atoms with Crippen molar-refractivity contribution < 1.29 is 14.6 Å². The van der Waals surface area contributed by atoms with E-state index >= 15 is 0 Å². The van der Waals surface area contributed by atoms with E-state index in [4.69, 9.17) is 4.74 Å². The number of rotatable bonds is 5. The fraction of sp³-hybridized carbons (Fsp3) is 0.412. The predicted octanol–water partition coefficient (Wildman–Crippen LogP) is 0.930. The summed E-state index contributed by atoms with van der Waals surface area (Å²) in [6, 6.07) is 9.17. The molecule has 1 amide bonds. The van der Waals surface area contributed by atoms with Crippen LogP contribution in [0.15, 0.2) is 30.3 Å². The molecule has 0 bridgehead atoms. The molecule has 2 heterocycles. The summed E-state index contributed by atoms with van der Waals surface area (Å²) in [7, 11) is 1.61. The quantitative estimate of drug-likeness (QED) is 0.654. The number of aromatic nitrogens is 2. The fourth-order valence-electron chi connectivity index (χ4n) is 2.90. The molecule has 7 heteroatoms. The van der Waals surface area contributed by atoms with Crippen LogP contribution in [0.4, 0.5) is 0 Å². The summed E-state index contributed by atoms with van der Waals surface area (Å²) in [4.78, 5) is 12.5. The lowest BCUT2D eigenvalue weighted by Crippen LogP contribution is -2.60. The number of aliphatic hydroxyl groups is 1. The van der Waals surface area contributed by atoms with Crippen LogP contribution in [-0.2, 0) is 0 Å². The van der Waals surface area contributed by atoms with Gasteiger partial charge < -0.3 is 20.5 Å². The van der Waals surface area contributed by atoms with E-state index in [-0.39, 0.29) is 12.5 Å². The van der Waals surface area contributed by atoms with E-state index in [1.165, 1.54) is 0 Å². The first kappa shape index (κ1) is 16.5. The van der Waals surface area contributed by atoms with Crippen molar-refractivity contribution in [1.29, 1.82) is 0 Å². The van der Waals surface area contributed by atoms with Gasteiger partial charge in [0.2, 0.25) is 0 Å². The van der Waals surface area contributed by atoms with Crippen LogP contribution < -0.4 is 15.4 Å². The van der Waals surface area contributed by atoms with Gasteiger partial charge in [0.1, 0.15) is 11.4 Å². The standard InChI is InChI=1S/C17H22N4O3/c1-24-13-5-3-12(4-6-13)14-9-15(21-20-14)16(23)19-17(11-22)7-2-8-18-10-17/h3-6,9,18,22H,2,7-8,10-11H2,1H3,(H,19,23)(H,20,21). The second-order valence-corrected chi connectivity index (χ2v) is 6.07. The number of H-pyrrole nitrogens is 1. The fourth-order valence-corrected chi connectivity index (χ4v) is 2.90. The van der Waals surface area contributed by atoms with Crippen molar-refractivity contribution in [2.24, 2.45) is 0 Å². The lowest BCUT2D eigenvalue weighted by Gasteiger charge is -2.36. The number of ether oxygens (including phenoxy) is 1. The van der Waals surface area contributed by atoms with E-state index in [0.717, 1.165) is 30.7 Å². The van der Waals surface area contributed by atoms with Gasteiger partial charge in [0.25, 0.3) is 5.91 Å². The number of benzene rings is 1. The summed E-state index contributed by atoms with van der Waals surface area (Å²) in [6.45, 7) is 1.38. The zero-order valence-electron chi connectivity index (χ0n) is 13.6. The maximum Gasteiger partial charge on any atom is 0.269 e. The summed E-state index contributed by atoms with van der Waals surface area (Å²) in [5, 5.41) is 22.8. The SMILES string of the molecule is COc1ccc(-c2cc(C(=O)NC3(CO)CCCNC3)[nH]n2)cc1. The lowest BCUT2D eigenvalue weighted by molar-refractivity contribution is 0.0781. The molecule has 1 aromatic heterocycles. The van der Waals surface area contributed by atoms with Gasteiger partial charge in [0, 0.05) is 12.1 Å². The van der Waals surface area contributed by atoms with Crippen LogP contribution in [-0.4, -0.2) is 53.6 Å². The summed E-state index contributed by atoms with van der Waals surface area (Å²) < 4.78 is 5.13. The maximum absolute atomic E-state index is 12.5. The molecule has 1 aliphatic rings. The normalized spacial score (nSPS) is 20.6. The van der Waals surface area contributed by atoms with Crippen molar-refractivity contribution >= 4 is 5.91 Å². The molecule has 4 N–H and O–H groups in total. The highest BCUT2D eigenvalue weighted by Gasteiger charge is 2.33. The summed E-state index contributed by atoms with van der Waals surface area (Å²) in [6.07, 6.45) is 1.67. The number of amides is 1. The molecule has 3 rings (SSSR count). The summed E-state index contributed by atoms with van der Waals surface area (Å²) in [5.74, 6) is 0.502.